The molecule has 128 valence electrons. The van der Waals surface area contributed by atoms with Gasteiger partial charge in [0.1, 0.15) is 5.51 Å². The van der Waals surface area contributed by atoms with Crippen molar-refractivity contribution in [3.05, 3.63) is 45.4 Å². The van der Waals surface area contributed by atoms with Gasteiger partial charge in [-0.2, -0.15) is 5.10 Å². The van der Waals surface area contributed by atoms with E-state index in [1.807, 2.05) is 53.8 Å². The Morgan fingerprint density at radius 2 is 1.88 bits per heavy atom. The Bertz CT molecular complexity index is 745. The molecule has 7 heteroatoms. The number of aromatic nitrogens is 2. The van der Waals surface area contributed by atoms with Gasteiger partial charge in [0, 0.05) is 26.2 Å². The van der Waals surface area contributed by atoms with Gasteiger partial charge < -0.3 is 4.90 Å². The first-order chi connectivity index (χ1) is 11.5. The molecular formula is C17H22N4OS2. The maximum Gasteiger partial charge on any atom is 0.232 e. The Morgan fingerprint density at radius 3 is 2.46 bits per heavy atom. The number of nitrogens with zero attached hydrogens (tertiary/aromatic N) is 4. The first kappa shape index (κ1) is 17.3. The molecule has 0 atom stereocenters. The van der Waals surface area contributed by atoms with Crippen LogP contribution < -0.4 is 0 Å². The van der Waals surface area contributed by atoms with Crippen LogP contribution in [0.3, 0.4) is 0 Å². The molecular weight excluding hydrogens is 340 g/mol. The predicted octanol–water partition coefficient (Wildman–Crippen LogP) is 2.75. The second kappa shape index (κ2) is 7.13. The summed E-state index contributed by atoms with van der Waals surface area (Å²) in [5.41, 5.74) is 2.33. The summed E-state index contributed by atoms with van der Waals surface area (Å²) in [5, 5.41) is 4.25. The molecule has 1 saturated heterocycles. The van der Waals surface area contributed by atoms with Gasteiger partial charge in [-0.3, -0.25) is 9.69 Å². The topological polar surface area (TPSA) is 41.4 Å². The molecule has 3 rings (SSSR count). The summed E-state index contributed by atoms with van der Waals surface area (Å²) < 4.78 is 2.63. The standard InChI is InChI=1S/C17H22N4OS2/c1-17(2,14-6-4-3-5-7-14)15(22)20-10-8-19(9-11-20)13-21-16(23)24-12-18-21/h3-7,12H,8-11,13H2,1-2H3. The molecule has 0 N–H and O–H groups in total. The summed E-state index contributed by atoms with van der Waals surface area (Å²) in [7, 11) is 0. The van der Waals surface area contributed by atoms with E-state index in [1.54, 1.807) is 5.51 Å². The van der Waals surface area contributed by atoms with Crippen LogP contribution in [0.15, 0.2) is 35.8 Å². The van der Waals surface area contributed by atoms with Crippen LogP contribution >= 0.6 is 23.6 Å². The van der Waals surface area contributed by atoms with Gasteiger partial charge in [0.05, 0.1) is 12.1 Å². The van der Waals surface area contributed by atoms with Crippen LogP contribution in [-0.2, 0) is 16.9 Å². The van der Waals surface area contributed by atoms with Crippen molar-refractivity contribution >= 4 is 29.5 Å². The number of hydrogen-bond acceptors (Lipinski definition) is 5. The minimum atomic E-state index is -0.499. The first-order valence-corrected chi connectivity index (χ1v) is 9.35. The molecule has 2 heterocycles. The lowest BCUT2D eigenvalue weighted by Crippen LogP contribution is -2.53. The number of piperazine rings is 1. The maximum atomic E-state index is 13.0. The van der Waals surface area contributed by atoms with Crippen molar-refractivity contribution in [2.45, 2.75) is 25.9 Å². The van der Waals surface area contributed by atoms with Crippen LogP contribution in [0.2, 0.25) is 0 Å². The van der Waals surface area contributed by atoms with Crippen molar-refractivity contribution in [3.8, 4) is 0 Å². The third-order valence-corrected chi connectivity index (χ3v) is 5.69. The lowest BCUT2D eigenvalue weighted by molar-refractivity contribution is -0.138. The van der Waals surface area contributed by atoms with E-state index in [9.17, 15) is 4.79 Å². The lowest BCUT2D eigenvalue weighted by Gasteiger charge is -2.38. The van der Waals surface area contributed by atoms with E-state index >= 15 is 0 Å². The second-order valence-corrected chi connectivity index (χ2v) is 8.03. The van der Waals surface area contributed by atoms with Gasteiger partial charge in [0.2, 0.25) is 5.91 Å². The molecule has 0 aliphatic carbocycles. The van der Waals surface area contributed by atoms with Crippen molar-refractivity contribution in [2.75, 3.05) is 26.2 Å². The molecule has 1 aliphatic rings. The van der Waals surface area contributed by atoms with Gasteiger partial charge in [-0.25, -0.2) is 4.68 Å². The summed E-state index contributed by atoms with van der Waals surface area (Å²) in [6, 6.07) is 10.0. The molecule has 1 aromatic heterocycles. The first-order valence-electron chi connectivity index (χ1n) is 8.06. The smallest absolute Gasteiger partial charge is 0.232 e. The number of amides is 1. The fourth-order valence-electron chi connectivity index (χ4n) is 2.98. The van der Waals surface area contributed by atoms with Crippen LogP contribution in [0, 0.1) is 3.95 Å². The SMILES string of the molecule is CC(C)(C(=O)N1CCN(Cn2ncsc2=S)CC1)c1ccccc1. The van der Waals surface area contributed by atoms with Gasteiger partial charge in [-0.05, 0) is 31.6 Å². The predicted molar refractivity (Wildman–Crippen MR) is 98.6 cm³/mol. The zero-order valence-corrected chi connectivity index (χ0v) is 15.6. The highest BCUT2D eigenvalue weighted by atomic mass is 32.1. The van der Waals surface area contributed by atoms with E-state index in [4.69, 9.17) is 12.2 Å². The van der Waals surface area contributed by atoms with Gasteiger partial charge in [0.25, 0.3) is 0 Å². The summed E-state index contributed by atoms with van der Waals surface area (Å²) >= 11 is 6.72. The number of benzene rings is 1. The van der Waals surface area contributed by atoms with Crippen molar-refractivity contribution in [3.63, 3.8) is 0 Å². The molecule has 1 aliphatic heterocycles. The van der Waals surface area contributed by atoms with Gasteiger partial charge in [-0.15, -0.1) is 0 Å². The Labute approximate surface area is 151 Å². The van der Waals surface area contributed by atoms with Gasteiger partial charge >= 0.3 is 0 Å². The highest BCUT2D eigenvalue weighted by Gasteiger charge is 2.35. The van der Waals surface area contributed by atoms with E-state index in [0.717, 1.165) is 35.7 Å². The largest absolute Gasteiger partial charge is 0.339 e. The molecule has 24 heavy (non-hydrogen) atoms. The van der Waals surface area contributed by atoms with Crippen LogP contribution in [-0.4, -0.2) is 51.7 Å². The van der Waals surface area contributed by atoms with E-state index in [2.05, 4.69) is 10.00 Å². The van der Waals surface area contributed by atoms with Crippen LogP contribution in [0.25, 0.3) is 0 Å². The number of carbonyl (C=O) groups excluding carboxylic acids is 1. The summed E-state index contributed by atoms with van der Waals surface area (Å²) in [6.07, 6.45) is 0. The molecule has 0 unspecified atom stereocenters. The molecule has 0 spiro atoms. The minimum Gasteiger partial charge on any atom is -0.339 e. The molecule has 1 fully saturated rings. The van der Waals surface area contributed by atoms with Crippen LogP contribution in [0.1, 0.15) is 19.4 Å². The summed E-state index contributed by atoms with van der Waals surface area (Å²) in [4.78, 5) is 17.2. The quantitative estimate of drug-likeness (QED) is 0.785. The highest BCUT2D eigenvalue weighted by Crippen LogP contribution is 2.26. The molecule has 0 saturated carbocycles. The van der Waals surface area contributed by atoms with Crippen molar-refractivity contribution in [1.29, 1.82) is 0 Å². The Hall–Kier alpha value is -1.57. The number of carbonyl (C=O) groups is 1. The van der Waals surface area contributed by atoms with E-state index in [1.165, 1.54) is 11.3 Å². The second-order valence-electron chi connectivity index (χ2n) is 6.55. The number of rotatable bonds is 4. The number of hydrogen-bond donors (Lipinski definition) is 0. The average Bonchev–Trinajstić information content (AvgIpc) is 3.00. The van der Waals surface area contributed by atoms with Crippen molar-refractivity contribution in [1.82, 2.24) is 19.6 Å². The highest BCUT2D eigenvalue weighted by molar-refractivity contribution is 7.73. The molecule has 1 amide bonds. The fraction of sp³-hybridized carbons (Fsp3) is 0.471. The van der Waals surface area contributed by atoms with Crippen LogP contribution in [0.5, 0.6) is 0 Å². The average molecular weight is 363 g/mol. The third kappa shape index (κ3) is 3.58. The van der Waals surface area contributed by atoms with Crippen molar-refractivity contribution < 1.29 is 4.79 Å². The van der Waals surface area contributed by atoms with E-state index < -0.39 is 5.41 Å². The summed E-state index contributed by atoms with van der Waals surface area (Å²) in [6.45, 7) is 7.88. The molecule has 1 aromatic carbocycles. The molecule has 0 bridgehead atoms. The van der Waals surface area contributed by atoms with Gasteiger partial charge in [-0.1, -0.05) is 41.7 Å². The Kier molecular flexibility index (Phi) is 5.12. The summed E-state index contributed by atoms with van der Waals surface area (Å²) in [5.74, 6) is 0.193. The monoisotopic (exact) mass is 362 g/mol. The zero-order chi connectivity index (χ0) is 17.2. The van der Waals surface area contributed by atoms with Crippen molar-refractivity contribution in [2.24, 2.45) is 0 Å². The molecule has 5 nitrogen and oxygen atoms in total. The normalized spacial score (nSPS) is 16.3. The van der Waals surface area contributed by atoms with Crippen LogP contribution in [0.4, 0.5) is 0 Å². The third-order valence-electron chi connectivity index (χ3n) is 4.57. The zero-order valence-electron chi connectivity index (χ0n) is 14.0. The maximum absolute atomic E-state index is 13.0. The van der Waals surface area contributed by atoms with Gasteiger partial charge in [0.15, 0.2) is 3.95 Å². The van der Waals surface area contributed by atoms with E-state index in [-0.39, 0.29) is 5.91 Å². The Balaban J connectivity index is 1.61. The Morgan fingerprint density at radius 1 is 1.21 bits per heavy atom. The lowest BCUT2D eigenvalue weighted by atomic mass is 9.83. The molecule has 2 aromatic rings. The minimum absolute atomic E-state index is 0.193. The fourth-order valence-corrected chi connectivity index (χ4v) is 3.69. The van der Waals surface area contributed by atoms with E-state index in [0.29, 0.717) is 6.67 Å². The molecule has 0 radical (unpaired) electrons.